The first kappa shape index (κ1) is 25.7. The second kappa shape index (κ2) is 11.0. The second-order valence-corrected chi connectivity index (χ2v) is 9.02. The van der Waals surface area contributed by atoms with Crippen molar-refractivity contribution in [3.05, 3.63) is 23.3 Å². The highest BCUT2D eigenvalue weighted by Gasteiger charge is 2.48. The summed E-state index contributed by atoms with van der Waals surface area (Å²) in [6.45, 7) is 9.36. The molecule has 0 N–H and O–H groups in total. The smallest absolute Gasteiger partial charge is 0.417 e. The van der Waals surface area contributed by atoms with E-state index in [-0.39, 0.29) is 11.7 Å². The summed E-state index contributed by atoms with van der Waals surface area (Å²) >= 11 is 0. The van der Waals surface area contributed by atoms with E-state index in [0.717, 1.165) is 38.0 Å². The zero-order chi connectivity index (χ0) is 24.9. The molecule has 2 heterocycles. The number of rotatable bonds is 9. The lowest BCUT2D eigenvalue weighted by Gasteiger charge is -2.37. The molecule has 2 amide bonds. The maximum atomic E-state index is 12.0. The molecule has 1 aromatic carbocycles. The Morgan fingerprint density at radius 1 is 1.12 bits per heavy atom. The van der Waals surface area contributed by atoms with Crippen molar-refractivity contribution < 1.29 is 33.4 Å². The van der Waals surface area contributed by atoms with Gasteiger partial charge in [-0.3, -0.25) is 14.4 Å². The zero-order valence-electron chi connectivity index (χ0n) is 20.5. The lowest BCUT2D eigenvalue weighted by molar-refractivity contribution is -0.132. The molecule has 2 saturated heterocycles. The van der Waals surface area contributed by atoms with Gasteiger partial charge >= 0.3 is 12.1 Å². The number of benzene rings is 1. The van der Waals surface area contributed by atoms with Gasteiger partial charge in [-0.05, 0) is 31.9 Å². The van der Waals surface area contributed by atoms with Crippen LogP contribution in [0.3, 0.4) is 0 Å². The van der Waals surface area contributed by atoms with Crippen molar-refractivity contribution in [2.45, 2.75) is 65.4 Å². The van der Waals surface area contributed by atoms with Gasteiger partial charge in [0, 0.05) is 51.9 Å². The van der Waals surface area contributed by atoms with Crippen molar-refractivity contribution in [1.82, 2.24) is 9.80 Å². The fraction of sp³-hybridized carbons (Fsp3) is 0.600. The fourth-order valence-electron chi connectivity index (χ4n) is 4.55. The molecular weight excluding hydrogens is 440 g/mol. The van der Waals surface area contributed by atoms with Gasteiger partial charge in [-0.25, -0.2) is 9.69 Å². The molecule has 2 aliphatic heterocycles. The van der Waals surface area contributed by atoms with Crippen LogP contribution in [0.15, 0.2) is 12.1 Å². The molecule has 0 aromatic heterocycles. The molecule has 1 spiro atoms. The number of Topliss-reactive ketones (excluding diaryl/α,β-unsaturated/α-hetero) is 1. The summed E-state index contributed by atoms with van der Waals surface area (Å²) < 4.78 is 17.0. The van der Waals surface area contributed by atoms with Crippen LogP contribution in [-0.4, -0.2) is 71.9 Å². The van der Waals surface area contributed by atoms with Gasteiger partial charge in [-0.1, -0.05) is 13.3 Å². The number of hydrogen-bond donors (Lipinski definition) is 0. The van der Waals surface area contributed by atoms with Crippen molar-refractivity contribution in [1.29, 1.82) is 0 Å². The van der Waals surface area contributed by atoms with Crippen molar-refractivity contribution in [3.8, 4) is 11.5 Å². The fourth-order valence-corrected chi connectivity index (χ4v) is 4.55. The highest BCUT2D eigenvalue weighted by atomic mass is 16.6. The van der Waals surface area contributed by atoms with Gasteiger partial charge < -0.3 is 19.1 Å². The zero-order valence-corrected chi connectivity index (χ0v) is 20.5. The number of amides is 2. The summed E-state index contributed by atoms with van der Waals surface area (Å²) in [4.78, 5) is 50.7. The van der Waals surface area contributed by atoms with Crippen LogP contribution in [0.5, 0.6) is 11.5 Å². The number of ketones is 1. The van der Waals surface area contributed by atoms with Crippen LogP contribution < -0.4 is 9.47 Å². The van der Waals surface area contributed by atoms with Crippen molar-refractivity contribution in [2.75, 3.05) is 32.8 Å². The molecule has 2 aliphatic rings. The molecule has 186 valence electrons. The summed E-state index contributed by atoms with van der Waals surface area (Å²) in [6, 6.07) is 3.42. The number of carbonyl (C=O) groups excluding carboxylic acids is 4. The minimum absolute atomic E-state index is 0.164. The van der Waals surface area contributed by atoms with Crippen molar-refractivity contribution in [3.63, 3.8) is 0 Å². The maximum absolute atomic E-state index is 12.0. The first-order valence-corrected chi connectivity index (χ1v) is 11.9. The number of esters is 1. The predicted octanol–water partition coefficient (Wildman–Crippen LogP) is 3.37. The minimum atomic E-state index is -0.559. The third-order valence-corrected chi connectivity index (χ3v) is 6.34. The molecule has 3 rings (SSSR count). The van der Waals surface area contributed by atoms with Gasteiger partial charge in [0.15, 0.2) is 5.78 Å². The summed E-state index contributed by atoms with van der Waals surface area (Å²) in [6.07, 6.45) is 3.08. The third kappa shape index (κ3) is 5.94. The Kier molecular flexibility index (Phi) is 8.30. The van der Waals surface area contributed by atoms with Gasteiger partial charge in [0.2, 0.25) is 5.91 Å². The molecule has 9 nitrogen and oxygen atoms in total. The lowest BCUT2D eigenvalue weighted by atomic mass is 9.91. The Hall–Kier alpha value is -2.94. The minimum Gasteiger partial charge on any atom is -0.493 e. The van der Waals surface area contributed by atoms with Crippen LogP contribution in [0.2, 0.25) is 0 Å². The molecule has 34 heavy (non-hydrogen) atoms. The number of piperidine rings is 1. The lowest BCUT2D eigenvalue weighted by Crippen LogP contribution is -2.47. The topological polar surface area (TPSA) is 102 Å². The quantitative estimate of drug-likeness (QED) is 0.232. The van der Waals surface area contributed by atoms with Crippen LogP contribution >= 0.6 is 0 Å². The Labute approximate surface area is 200 Å². The summed E-state index contributed by atoms with van der Waals surface area (Å²) in [7, 11) is 0. The molecule has 0 radical (unpaired) electrons. The number of imide groups is 1. The number of hydrogen-bond acceptors (Lipinski definition) is 8. The average Bonchev–Trinajstić information content (AvgIpc) is 3.10. The largest absolute Gasteiger partial charge is 0.493 e. The number of ether oxygens (including phenoxy) is 3. The van der Waals surface area contributed by atoms with E-state index in [1.54, 1.807) is 12.1 Å². The highest BCUT2D eigenvalue weighted by molar-refractivity contribution is 5.98. The van der Waals surface area contributed by atoms with E-state index in [1.807, 2.05) is 6.92 Å². The van der Waals surface area contributed by atoms with E-state index in [4.69, 9.17) is 14.2 Å². The predicted molar refractivity (Wildman–Crippen MR) is 124 cm³/mol. The average molecular weight is 475 g/mol. The highest BCUT2D eigenvalue weighted by Crippen LogP contribution is 2.35. The van der Waals surface area contributed by atoms with E-state index in [9.17, 15) is 19.2 Å². The number of carbonyl (C=O) groups is 4. The van der Waals surface area contributed by atoms with E-state index < -0.39 is 17.7 Å². The molecule has 0 aliphatic carbocycles. The molecule has 2 fully saturated rings. The second-order valence-electron chi connectivity index (χ2n) is 9.02. The van der Waals surface area contributed by atoms with Gasteiger partial charge in [0.25, 0.3) is 0 Å². The van der Waals surface area contributed by atoms with Crippen LogP contribution in [-0.2, 0) is 20.7 Å². The molecule has 0 unspecified atom stereocenters. The number of likely N-dealkylation sites (tertiary alicyclic amines) is 1. The van der Waals surface area contributed by atoms with Gasteiger partial charge in [0.1, 0.15) is 17.1 Å². The van der Waals surface area contributed by atoms with Gasteiger partial charge in [-0.2, -0.15) is 0 Å². The van der Waals surface area contributed by atoms with Crippen LogP contribution in [0.25, 0.3) is 0 Å². The van der Waals surface area contributed by atoms with Crippen molar-refractivity contribution >= 4 is 23.8 Å². The molecule has 0 bridgehead atoms. The molecular formula is C25H34N2O7. The van der Waals surface area contributed by atoms with E-state index >= 15 is 0 Å². The Bertz CT molecular complexity index is 951. The Morgan fingerprint density at radius 2 is 1.82 bits per heavy atom. The molecule has 9 heteroatoms. The van der Waals surface area contributed by atoms with Crippen LogP contribution in [0, 0.1) is 0 Å². The van der Waals surface area contributed by atoms with Crippen molar-refractivity contribution in [2.24, 2.45) is 0 Å². The standard InChI is InChI=1S/C25H34N2O7/c1-5-7-21-22(9-8-20(17(2)28)23(21)33-19(4)30)32-15-6-12-26-13-10-25(11-14-26)16-27(18(3)29)24(31)34-25/h8-9H,5-7,10-16H2,1-4H3. The van der Waals surface area contributed by atoms with E-state index in [0.29, 0.717) is 49.5 Å². The molecule has 0 atom stereocenters. The van der Waals surface area contributed by atoms with E-state index in [2.05, 4.69) is 4.90 Å². The van der Waals surface area contributed by atoms with Crippen LogP contribution in [0.4, 0.5) is 4.79 Å². The molecule has 1 aromatic rings. The SMILES string of the molecule is CCCc1c(OCCCN2CCC3(CC2)CN(C(C)=O)C(=O)O3)ccc(C(C)=O)c1OC(C)=O. The number of nitrogens with zero attached hydrogens (tertiary/aromatic N) is 2. The van der Waals surface area contributed by atoms with E-state index in [1.165, 1.54) is 25.7 Å². The Morgan fingerprint density at radius 3 is 2.38 bits per heavy atom. The summed E-state index contributed by atoms with van der Waals surface area (Å²) in [5.41, 5.74) is 0.559. The normalized spacial score (nSPS) is 17.5. The first-order chi connectivity index (χ1) is 16.2. The first-order valence-electron chi connectivity index (χ1n) is 11.9. The third-order valence-electron chi connectivity index (χ3n) is 6.34. The summed E-state index contributed by atoms with van der Waals surface area (Å²) in [5, 5.41) is 0. The monoisotopic (exact) mass is 474 g/mol. The van der Waals surface area contributed by atoms with Crippen LogP contribution in [0.1, 0.15) is 69.3 Å². The summed E-state index contributed by atoms with van der Waals surface area (Å²) in [5.74, 6) is 0.00741. The molecule has 0 saturated carbocycles. The maximum Gasteiger partial charge on any atom is 0.417 e. The Balaban J connectivity index is 1.54. The van der Waals surface area contributed by atoms with Gasteiger partial charge in [0.05, 0.1) is 18.7 Å². The van der Waals surface area contributed by atoms with Gasteiger partial charge in [-0.15, -0.1) is 0 Å².